The molecule has 2 aliphatic heterocycles. The van der Waals surface area contributed by atoms with E-state index in [2.05, 4.69) is 20.2 Å². The Kier molecular flexibility index (Phi) is 7.86. The zero-order chi connectivity index (χ0) is 27.0. The number of carbonyl (C=O) groups excluding carboxylic acids is 1. The van der Waals surface area contributed by atoms with Gasteiger partial charge in [-0.1, -0.05) is 41.0 Å². The minimum Gasteiger partial charge on any atom is -0.324 e. The summed E-state index contributed by atoms with van der Waals surface area (Å²) in [6, 6.07) is 12.0. The third kappa shape index (κ3) is 5.36. The molecule has 0 radical (unpaired) electrons. The molecule has 200 valence electrons. The summed E-state index contributed by atoms with van der Waals surface area (Å²) in [6.07, 6.45) is 3.09. The second-order valence-electron chi connectivity index (χ2n) is 9.24. The van der Waals surface area contributed by atoms with Crippen LogP contribution >= 0.6 is 35.0 Å². The number of rotatable bonds is 6. The molecule has 1 saturated heterocycles. The number of hydrogen-bond acceptors (Lipinski definition) is 8. The zero-order valence-corrected chi connectivity index (χ0v) is 23.9. The van der Waals surface area contributed by atoms with Crippen LogP contribution in [0.3, 0.4) is 0 Å². The Balaban J connectivity index is 1.28. The van der Waals surface area contributed by atoms with E-state index in [1.807, 2.05) is 14.1 Å². The third-order valence-electron chi connectivity index (χ3n) is 6.67. The second kappa shape index (κ2) is 11.0. The third-order valence-corrected chi connectivity index (χ3v) is 10.2. The molecule has 2 aliphatic rings. The van der Waals surface area contributed by atoms with E-state index in [-0.39, 0.29) is 10.8 Å². The summed E-state index contributed by atoms with van der Waals surface area (Å²) in [5.74, 6) is 0.309. The number of fused-ring (bicyclic) bond motifs is 1. The Morgan fingerprint density at radius 2 is 1.71 bits per heavy atom. The first-order valence-corrected chi connectivity index (χ1v) is 15.1. The van der Waals surface area contributed by atoms with Gasteiger partial charge in [-0.25, -0.2) is 18.4 Å². The van der Waals surface area contributed by atoms with Gasteiger partial charge in [0.15, 0.2) is 0 Å². The molecule has 1 N–H and O–H groups in total. The number of amides is 1. The number of carbonyl (C=O) groups is 1. The number of nitrogens with zero attached hydrogens (tertiary/aromatic N) is 5. The number of piperidine rings is 1. The lowest BCUT2D eigenvalue weighted by molar-refractivity contribution is 0.0985. The molecule has 0 saturated carbocycles. The van der Waals surface area contributed by atoms with Crippen LogP contribution in [0.2, 0.25) is 10.0 Å². The van der Waals surface area contributed by atoms with Gasteiger partial charge in [-0.05, 0) is 63.3 Å². The smallest absolute Gasteiger partial charge is 0.263 e. The minimum absolute atomic E-state index is 0.247. The largest absolute Gasteiger partial charge is 0.324 e. The van der Waals surface area contributed by atoms with Gasteiger partial charge in [-0.15, -0.1) is 0 Å². The van der Waals surface area contributed by atoms with Gasteiger partial charge in [0.25, 0.3) is 5.91 Å². The van der Waals surface area contributed by atoms with Crippen LogP contribution in [0.25, 0.3) is 0 Å². The van der Waals surface area contributed by atoms with E-state index in [4.69, 9.17) is 23.2 Å². The number of hydrogen-bond donors (Lipinski definition) is 1. The van der Waals surface area contributed by atoms with Crippen LogP contribution < -0.4 is 10.2 Å². The van der Waals surface area contributed by atoms with Crippen LogP contribution in [0.15, 0.2) is 58.6 Å². The molecule has 0 aliphatic carbocycles. The van der Waals surface area contributed by atoms with Crippen molar-refractivity contribution in [2.24, 2.45) is 0 Å². The number of para-hydroxylation sites is 1. The number of sulfonamides is 1. The van der Waals surface area contributed by atoms with Gasteiger partial charge in [-0.2, -0.15) is 4.31 Å². The van der Waals surface area contributed by atoms with E-state index in [0.717, 1.165) is 12.8 Å². The molecular formula is C25H26Cl2N6O3S2. The van der Waals surface area contributed by atoms with E-state index in [9.17, 15) is 13.2 Å². The predicted octanol–water partition coefficient (Wildman–Crippen LogP) is 4.95. The van der Waals surface area contributed by atoms with Gasteiger partial charge >= 0.3 is 0 Å². The molecule has 0 bridgehead atoms. The van der Waals surface area contributed by atoms with Gasteiger partial charge in [0.05, 0.1) is 32.1 Å². The minimum atomic E-state index is -3.56. The first kappa shape index (κ1) is 27.2. The summed E-state index contributed by atoms with van der Waals surface area (Å²) in [7, 11) is 0.483. The summed E-state index contributed by atoms with van der Waals surface area (Å²) in [5, 5.41) is 4.40. The van der Waals surface area contributed by atoms with Crippen molar-refractivity contribution in [1.82, 2.24) is 19.2 Å². The molecule has 3 aromatic rings. The van der Waals surface area contributed by atoms with Gasteiger partial charge in [-0.3, -0.25) is 9.69 Å². The lowest BCUT2D eigenvalue weighted by atomic mass is 10.1. The van der Waals surface area contributed by atoms with Crippen molar-refractivity contribution in [3.8, 4) is 0 Å². The van der Waals surface area contributed by atoms with Gasteiger partial charge in [0.2, 0.25) is 16.0 Å². The van der Waals surface area contributed by atoms with Gasteiger partial charge in [0, 0.05) is 31.0 Å². The molecule has 13 heteroatoms. The molecule has 3 heterocycles. The number of halogens is 2. The molecule has 38 heavy (non-hydrogen) atoms. The number of thioether (sulfide) groups is 1. The summed E-state index contributed by atoms with van der Waals surface area (Å²) >= 11 is 14.0. The fourth-order valence-corrected chi connectivity index (χ4v) is 7.53. The topological polar surface area (TPSA) is 98.7 Å². The molecule has 5 rings (SSSR count). The average Bonchev–Trinajstić information content (AvgIpc) is 2.90. The molecular weight excluding hydrogens is 567 g/mol. The Hall–Kier alpha value is -2.41. The zero-order valence-electron chi connectivity index (χ0n) is 20.8. The lowest BCUT2D eigenvalue weighted by Gasteiger charge is -2.34. The van der Waals surface area contributed by atoms with Crippen LogP contribution in [0, 0.1) is 0 Å². The van der Waals surface area contributed by atoms with Gasteiger partial charge in [0.1, 0.15) is 5.03 Å². The van der Waals surface area contributed by atoms with E-state index < -0.39 is 10.0 Å². The van der Waals surface area contributed by atoms with Crippen LogP contribution in [-0.4, -0.2) is 72.6 Å². The van der Waals surface area contributed by atoms with Crippen molar-refractivity contribution in [3.63, 3.8) is 0 Å². The fourth-order valence-electron chi connectivity index (χ4n) is 4.51. The molecule has 1 amide bonds. The van der Waals surface area contributed by atoms with Crippen LogP contribution in [-0.2, 0) is 10.0 Å². The normalized spacial score (nSPS) is 17.1. The first-order valence-electron chi connectivity index (χ1n) is 11.9. The second-order valence-corrected chi connectivity index (χ2v) is 12.9. The molecule has 0 spiro atoms. The number of nitrogens with one attached hydrogen (secondary N) is 1. The van der Waals surface area contributed by atoms with Crippen molar-refractivity contribution in [2.75, 3.05) is 43.3 Å². The van der Waals surface area contributed by atoms with Gasteiger partial charge < -0.3 is 10.2 Å². The molecule has 2 aromatic carbocycles. The van der Waals surface area contributed by atoms with Crippen LogP contribution in [0.1, 0.15) is 23.2 Å². The molecule has 0 unspecified atom stereocenters. The molecule has 1 fully saturated rings. The van der Waals surface area contributed by atoms with Crippen molar-refractivity contribution < 1.29 is 13.2 Å². The monoisotopic (exact) mass is 592 g/mol. The SMILES string of the molecule is CN(C)C1CCN(S(=O)(=O)c2ccc(Nc3ncc4c(n3)SCN(c3c(Cl)cccc3Cl)C4=O)cc2)CC1. The highest BCUT2D eigenvalue weighted by Gasteiger charge is 2.31. The van der Waals surface area contributed by atoms with E-state index in [0.29, 0.717) is 63.0 Å². The standard InChI is InChI=1S/C25H26Cl2N6O3S2/c1-31(2)17-10-12-32(13-11-17)38(35,36)18-8-6-16(7-9-18)29-25-28-14-19-23(30-25)37-15-33(24(19)34)22-20(26)4-3-5-21(22)27/h3-9,14,17H,10-13,15H2,1-2H3,(H,28,29,30). The molecule has 9 nitrogen and oxygen atoms in total. The summed E-state index contributed by atoms with van der Waals surface area (Å²) < 4.78 is 27.8. The maximum Gasteiger partial charge on any atom is 0.263 e. The Morgan fingerprint density at radius 3 is 2.34 bits per heavy atom. The number of aromatic nitrogens is 2. The summed E-state index contributed by atoms with van der Waals surface area (Å²) in [4.78, 5) is 25.8. The van der Waals surface area contributed by atoms with Crippen molar-refractivity contribution in [1.29, 1.82) is 0 Å². The maximum atomic E-state index is 13.1. The predicted molar refractivity (Wildman–Crippen MR) is 151 cm³/mol. The Morgan fingerprint density at radius 1 is 1.05 bits per heavy atom. The number of benzene rings is 2. The van der Waals surface area contributed by atoms with E-state index in [1.165, 1.54) is 22.9 Å². The Labute approximate surface area is 236 Å². The quantitative estimate of drug-likeness (QED) is 0.401. The average molecular weight is 594 g/mol. The lowest BCUT2D eigenvalue weighted by Crippen LogP contribution is -2.44. The van der Waals surface area contributed by atoms with Crippen LogP contribution in [0.5, 0.6) is 0 Å². The fraction of sp³-hybridized carbons (Fsp3) is 0.320. The highest BCUT2D eigenvalue weighted by atomic mass is 35.5. The number of anilines is 3. The first-order chi connectivity index (χ1) is 18.1. The van der Waals surface area contributed by atoms with E-state index in [1.54, 1.807) is 46.8 Å². The van der Waals surface area contributed by atoms with Crippen LogP contribution in [0.4, 0.5) is 17.3 Å². The highest BCUT2D eigenvalue weighted by Crippen LogP contribution is 2.39. The van der Waals surface area contributed by atoms with Crippen molar-refractivity contribution in [3.05, 3.63) is 64.3 Å². The molecule has 0 atom stereocenters. The van der Waals surface area contributed by atoms with Crippen molar-refractivity contribution >= 4 is 68.2 Å². The highest BCUT2D eigenvalue weighted by molar-refractivity contribution is 7.99. The van der Waals surface area contributed by atoms with Crippen molar-refractivity contribution in [2.45, 2.75) is 28.8 Å². The maximum absolute atomic E-state index is 13.1. The summed E-state index contributed by atoms with van der Waals surface area (Å²) in [5.41, 5.74) is 1.44. The summed E-state index contributed by atoms with van der Waals surface area (Å²) in [6.45, 7) is 1.01. The Bertz CT molecular complexity index is 1440. The molecule has 1 aromatic heterocycles. The van der Waals surface area contributed by atoms with E-state index >= 15 is 0 Å².